The number of unbranched alkanes of at least 4 members (excludes halogenated alkanes) is 4. The van der Waals surface area contributed by atoms with Gasteiger partial charge in [0.2, 0.25) is 5.78 Å². The topological polar surface area (TPSA) is 60.2 Å². The molecule has 0 saturated heterocycles. The van der Waals surface area contributed by atoms with E-state index in [2.05, 4.69) is 6.92 Å². The zero-order valence-electron chi connectivity index (χ0n) is 11.9. The van der Waals surface area contributed by atoms with Gasteiger partial charge in [-0.15, -0.1) is 0 Å². The lowest BCUT2D eigenvalue weighted by molar-refractivity contribution is 0.0970. The van der Waals surface area contributed by atoms with Crippen molar-refractivity contribution in [2.45, 2.75) is 45.4 Å². The molecule has 0 heterocycles. The third-order valence-corrected chi connectivity index (χ3v) is 3.79. The number of Topliss-reactive ketones (excluding diaryl/α,β-unsaturated/α-hetero) is 2. The molecule has 20 heavy (non-hydrogen) atoms. The summed E-state index contributed by atoms with van der Waals surface area (Å²) in [5, 5.41) is 0. The fourth-order valence-corrected chi connectivity index (χ4v) is 2.60. The molecule has 1 aromatic rings. The highest BCUT2D eigenvalue weighted by Crippen LogP contribution is 2.27. The Morgan fingerprint density at radius 2 is 1.50 bits per heavy atom. The number of allylic oxidation sites excluding steroid dienone is 2. The first-order valence-electron chi connectivity index (χ1n) is 7.33. The van der Waals surface area contributed by atoms with Crippen molar-refractivity contribution < 1.29 is 9.59 Å². The Balaban J connectivity index is 2.11. The van der Waals surface area contributed by atoms with Gasteiger partial charge in [-0.05, 0) is 12.8 Å². The molecule has 2 rings (SSSR count). The van der Waals surface area contributed by atoms with Crippen LogP contribution in [-0.4, -0.2) is 11.6 Å². The molecular formula is C17H21NO2. The molecule has 0 saturated carbocycles. The van der Waals surface area contributed by atoms with Crippen molar-refractivity contribution in [1.82, 2.24) is 0 Å². The number of nitrogens with two attached hydrogens (primary N) is 1. The summed E-state index contributed by atoms with van der Waals surface area (Å²) >= 11 is 0. The van der Waals surface area contributed by atoms with Crippen LogP contribution in [0.4, 0.5) is 0 Å². The summed E-state index contributed by atoms with van der Waals surface area (Å²) in [4.78, 5) is 24.6. The quantitative estimate of drug-likeness (QED) is 0.803. The number of fused-ring (bicyclic) bond motifs is 1. The number of benzene rings is 1. The number of hydrogen-bond donors (Lipinski definition) is 1. The predicted octanol–water partition coefficient (Wildman–Crippen LogP) is 3.64. The zero-order valence-corrected chi connectivity index (χ0v) is 11.9. The minimum absolute atomic E-state index is 0.0757. The third kappa shape index (κ3) is 2.82. The van der Waals surface area contributed by atoms with E-state index in [4.69, 9.17) is 5.73 Å². The first-order chi connectivity index (χ1) is 9.66. The molecular weight excluding hydrogens is 250 g/mol. The van der Waals surface area contributed by atoms with Crippen LogP contribution in [0, 0.1) is 0 Å². The van der Waals surface area contributed by atoms with Gasteiger partial charge in [-0.3, -0.25) is 9.59 Å². The van der Waals surface area contributed by atoms with Gasteiger partial charge < -0.3 is 5.73 Å². The second-order valence-corrected chi connectivity index (χ2v) is 5.26. The number of rotatable bonds is 6. The Labute approximate surface area is 119 Å². The molecule has 0 spiro atoms. The fraction of sp³-hybridized carbons (Fsp3) is 0.412. The van der Waals surface area contributed by atoms with Crippen LogP contribution in [0.25, 0.3) is 0 Å². The second-order valence-electron chi connectivity index (χ2n) is 5.26. The SMILES string of the molecule is CCCCCCCC1=C(N)C(=O)c2ccccc2C1=O. The average molecular weight is 271 g/mol. The van der Waals surface area contributed by atoms with E-state index in [1.807, 2.05) is 0 Å². The molecule has 0 bridgehead atoms. The van der Waals surface area contributed by atoms with E-state index < -0.39 is 0 Å². The van der Waals surface area contributed by atoms with Gasteiger partial charge in [0, 0.05) is 16.7 Å². The largest absolute Gasteiger partial charge is 0.395 e. The Kier molecular flexibility index (Phi) is 4.72. The third-order valence-electron chi connectivity index (χ3n) is 3.79. The molecule has 2 N–H and O–H groups in total. The van der Waals surface area contributed by atoms with Gasteiger partial charge in [0.05, 0.1) is 5.70 Å². The molecule has 0 aromatic heterocycles. The number of ketones is 2. The Bertz CT molecular complexity index is 558. The van der Waals surface area contributed by atoms with E-state index in [9.17, 15) is 9.59 Å². The summed E-state index contributed by atoms with van der Waals surface area (Å²) in [5.41, 5.74) is 7.46. The summed E-state index contributed by atoms with van der Waals surface area (Å²) in [5.74, 6) is -0.281. The molecule has 0 radical (unpaired) electrons. The molecule has 0 atom stereocenters. The summed E-state index contributed by atoms with van der Waals surface area (Å²) in [6.45, 7) is 2.17. The Morgan fingerprint density at radius 3 is 2.15 bits per heavy atom. The maximum Gasteiger partial charge on any atom is 0.209 e. The second kappa shape index (κ2) is 6.51. The van der Waals surface area contributed by atoms with E-state index >= 15 is 0 Å². The highest BCUT2D eigenvalue weighted by atomic mass is 16.1. The van der Waals surface area contributed by atoms with Crippen molar-refractivity contribution in [2.24, 2.45) is 5.73 Å². The van der Waals surface area contributed by atoms with Crippen molar-refractivity contribution in [3.63, 3.8) is 0 Å². The van der Waals surface area contributed by atoms with Crippen LogP contribution >= 0.6 is 0 Å². The van der Waals surface area contributed by atoms with E-state index in [-0.39, 0.29) is 17.3 Å². The van der Waals surface area contributed by atoms with Gasteiger partial charge in [0.15, 0.2) is 5.78 Å². The molecule has 1 aliphatic rings. The smallest absolute Gasteiger partial charge is 0.209 e. The summed E-state index contributed by atoms with van der Waals surface area (Å²) in [6.07, 6.45) is 6.17. The highest BCUT2D eigenvalue weighted by Gasteiger charge is 2.29. The molecule has 1 aliphatic carbocycles. The first-order valence-corrected chi connectivity index (χ1v) is 7.33. The van der Waals surface area contributed by atoms with Crippen LogP contribution in [0.3, 0.4) is 0 Å². The minimum Gasteiger partial charge on any atom is -0.395 e. The van der Waals surface area contributed by atoms with Gasteiger partial charge in [-0.2, -0.15) is 0 Å². The van der Waals surface area contributed by atoms with Gasteiger partial charge in [0.25, 0.3) is 0 Å². The Morgan fingerprint density at radius 1 is 0.900 bits per heavy atom. The lowest BCUT2D eigenvalue weighted by Crippen LogP contribution is -2.26. The van der Waals surface area contributed by atoms with Gasteiger partial charge in [-0.1, -0.05) is 56.9 Å². The average Bonchev–Trinajstić information content (AvgIpc) is 2.48. The molecule has 0 fully saturated rings. The zero-order chi connectivity index (χ0) is 14.5. The summed E-state index contributed by atoms with van der Waals surface area (Å²) in [6, 6.07) is 6.91. The maximum absolute atomic E-state index is 12.4. The maximum atomic E-state index is 12.4. The van der Waals surface area contributed by atoms with Crippen molar-refractivity contribution >= 4 is 11.6 Å². The normalized spacial score (nSPS) is 14.7. The van der Waals surface area contributed by atoms with Crippen LogP contribution in [0.5, 0.6) is 0 Å². The van der Waals surface area contributed by atoms with Crippen LogP contribution in [0.1, 0.15) is 66.2 Å². The molecule has 0 unspecified atom stereocenters. The lowest BCUT2D eigenvalue weighted by atomic mass is 9.85. The lowest BCUT2D eigenvalue weighted by Gasteiger charge is -2.18. The van der Waals surface area contributed by atoms with Crippen LogP contribution in [0.2, 0.25) is 0 Å². The highest BCUT2D eigenvalue weighted by molar-refractivity contribution is 6.26. The number of carbonyl (C=O) groups excluding carboxylic acids is 2. The molecule has 106 valence electrons. The molecule has 3 heteroatoms. The van der Waals surface area contributed by atoms with Crippen LogP contribution in [0.15, 0.2) is 35.5 Å². The summed E-state index contributed by atoms with van der Waals surface area (Å²) in [7, 11) is 0. The Hall–Kier alpha value is -1.90. The minimum atomic E-state index is -0.205. The van der Waals surface area contributed by atoms with Gasteiger partial charge in [0.1, 0.15) is 0 Å². The number of carbonyl (C=O) groups is 2. The van der Waals surface area contributed by atoms with Crippen LogP contribution in [-0.2, 0) is 0 Å². The van der Waals surface area contributed by atoms with Crippen molar-refractivity contribution in [3.05, 3.63) is 46.7 Å². The van der Waals surface area contributed by atoms with Gasteiger partial charge >= 0.3 is 0 Å². The number of hydrogen-bond acceptors (Lipinski definition) is 3. The molecule has 3 nitrogen and oxygen atoms in total. The van der Waals surface area contributed by atoms with E-state index in [1.165, 1.54) is 19.3 Å². The van der Waals surface area contributed by atoms with Crippen molar-refractivity contribution in [3.8, 4) is 0 Å². The monoisotopic (exact) mass is 271 g/mol. The summed E-state index contributed by atoms with van der Waals surface area (Å²) < 4.78 is 0. The standard InChI is InChI=1S/C17H21NO2/c1-2-3-4-5-6-11-14-15(18)17(20)13-10-8-7-9-12(13)16(14)19/h7-10H,2-6,11,18H2,1H3. The van der Waals surface area contributed by atoms with Crippen LogP contribution < -0.4 is 5.73 Å². The van der Waals surface area contributed by atoms with E-state index in [0.717, 1.165) is 12.8 Å². The molecule has 0 amide bonds. The van der Waals surface area contributed by atoms with Crippen molar-refractivity contribution in [1.29, 1.82) is 0 Å². The fourth-order valence-electron chi connectivity index (χ4n) is 2.60. The van der Waals surface area contributed by atoms with E-state index in [1.54, 1.807) is 24.3 Å². The predicted molar refractivity (Wildman–Crippen MR) is 79.7 cm³/mol. The molecule has 1 aromatic carbocycles. The van der Waals surface area contributed by atoms with Gasteiger partial charge in [-0.25, -0.2) is 0 Å². The first kappa shape index (κ1) is 14.5. The van der Waals surface area contributed by atoms with Crippen molar-refractivity contribution in [2.75, 3.05) is 0 Å². The molecule has 0 aliphatic heterocycles. The van der Waals surface area contributed by atoms with E-state index in [0.29, 0.717) is 23.1 Å².